The molecule has 38 heavy (non-hydrogen) atoms. The van der Waals surface area contributed by atoms with Crippen LogP contribution in [0.25, 0.3) is 6.08 Å². The molecule has 0 aromatic heterocycles. The summed E-state index contributed by atoms with van der Waals surface area (Å²) in [7, 11) is 0.927. The summed E-state index contributed by atoms with van der Waals surface area (Å²) in [5, 5.41) is 6.10. The highest BCUT2D eigenvalue weighted by atomic mass is 32.2. The maximum Gasteiger partial charge on any atom is 0.260 e. The number of nitrogens with zero attached hydrogens (tertiary/aromatic N) is 3. The monoisotopic (exact) mass is 534 g/mol. The second kappa shape index (κ2) is 11.8. The van der Waals surface area contributed by atoms with E-state index in [1.807, 2.05) is 60.7 Å². The summed E-state index contributed by atoms with van der Waals surface area (Å²) < 4.78 is 44.9. The van der Waals surface area contributed by atoms with E-state index >= 15 is 0 Å². The lowest BCUT2D eigenvalue weighted by molar-refractivity contribution is 0.414. The summed E-state index contributed by atoms with van der Waals surface area (Å²) in [6, 6.07) is 22.5. The zero-order valence-electron chi connectivity index (χ0n) is 21.4. The summed E-state index contributed by atoms with van der Waals surface area (Å²) >= 11 is 0. The van der Waals surface area contributed by atoms with Crippen LogP contribution < -0.4 is 19.9 Å². The highest BCUT2D eigenvalue weighted by molar-refractivity contribution is 7.90. The fraction of sp³-hybridized carbons (Fsp3) is 0.214. The van der Waals surface area contributed by atoms with Crippen molar-refractivity contribution in [1.82, 2.24) is 5.01 Å². The van der Waals surface area contributed by atoms with Crippen molar-refractivity contribution in [3.63, 3.8) is 0 Å². The molecule has 1 unspecified atom stereocenters. The van der Waals surface area contributed by atoms with Gasteiger partial charge >= 0.3 is 0 Å². The van der Waals surface area contributed by atoms with Crippen molar-refractivity contribution in [1.29, 1.82) is 0 Å². The summed E-state index contributed by atoms with van der Waals surface area (Å²) in [6.07, 6.45) is 3.24. The van der Waals surface area contributed by atoms with Crippen LogP contribution in [-0.2, 0) is 10.0 Å². The van der Waals surface area contributed by atoms with Crippen molar-refractivity contribution in [2.24, 2.45) is 15.2 Å². The first-order chi connectivity index (χ1) is 18.3. The third-order valence-corrected chi connectivity index (χ3v) is 7.13. The van der Waals surface area contributed by atoms with Gasteiger partial charge in [0, 0.05) is 5.92 Å². The Morgan fingerprint density at radius 2 is 1.45 bits per heavy atom. The SMILES string of the molecule is COc1ccc(C=CCS(=O)(=O)N=C(N)N2CC(c3ccc(OC)cc3)C(c3ccc(OC)cc3)=N2)cc1. The van der Waals surface area contributed by atoms with Crippen LogP contribution in [0.15, 0.2) is 88.4 Å². The van der Waals surface area contributed by atoms with Crippen molar-refractivity contribution < 1.29 is 22.6 Å². The normalized spacial score (nSPS) is 16.0. The zero-order chi connectivity index (χ0) is 27.1. The van der Waals surface area contributed by atoms with Crippen LogP contribution in [0.2, 0.25) is 0 Å². The molecule has 3 aromatic rings. The van der Waals surface area contributed by atoms with E-state index in [9.17, 15) is 8.42 Å². The summed E-state index contributed by atoms with van der Waals surface area (Å²) in [4.78, 5) is 0. The van der Waals surface area contributed by atoms with Gasteiger partial charge in [0.2, 0.25) is 5.96 Å². The molecule has 4 rings (SSSR count). The molecule has 1 atom stereocenters. The number of rotatable bonds is 9. The Kier molecular flexibility index (Phi) is 8.32. The lowest BCUT2D eigenvalue weighted by Crippen LogP contribution is -2.33. The molecule has 0 fully saturated rings. The van der Waals surface area contributed by atoms with E-state index in [-0.39, 0.29) is 17.6 Å². The maximum atomic E-state index is 12.7. The Hall–Kier alpha value is -4.31. The highest BCUT2D eigenvalue weighted by Gasteiger charge is 2.31. The lowest BCUT2D eigenvalue weighted by atomic mass is 9.90. The van der Waals surface area contributed by atoms with Crippen molar-refractivity contribution in [2.45, 2.75) is 5.92 Å². The molecule has 2 N–H and O–H groups in total. The second-order valence-corrected chi connectivity index (χ2v) is 10.2. The van der Waals surface area contributed by atoms with E-state index in [1.165, 1.54) is 11.1 Å². The minimum absolute atomic E-state index is 0.166. The van der Waals surface area contributed by atoms with Crippen LogP contribution >= 0.6 is 0 Å². The molecular formula is C28H30N4O5S. The Morgan fingerprint density at radius 1 is 0.921 bits per heavy atom. The first-order valence-electron chi connectivity index (χ1n) is 11.8. The number of guanidine groups is 1. The summed E-state index contributed by atoms with van der Waals surface area (Å²) in [5.41, 5.74) is 9.60. The molecule has 0 amide bonds. The van der Waals surface area contributed by atoms with E-state index in [0.717, 1.165) is 39.7 Å². The molecule has 1 aliphatic heterocycles. The topological polar surface area (TPSA) is 116 Å². The average molecular weight is 535 g/mol. The van der Waals surface area contributed by atoms with Crippen LogP contribution in [0, 0.1) is 0 Å². The van der Waals surface area contributed by atoms with Gasteiger partial charge in [-0.2, -0.15) is 5.10 Å². The molecular weight excluding hydrogens is 504 g/mol. The molecule has 0 saturated heterocycles. The Labute approximate surface area is 222 Å². The third-order valence-electron chi connectivity index (χ3n) is 6.05. The predicted octanol–water partition coefficient (Wildman–Crippen LogP) is 3.87. The predicted molar refractivity (Wildman–Crippen MR) is 149 cm³/mol. The van der Waals surface area contributed by atoms with Gasteiger partial charge in [-0.3, -0.25) is 0 Å². The van der Waals surface area contributed by atoms with Crippen molar-refractivity contribution in [3.05, 3.63) is 95.6 Å². The van der Waals surface area contributed by atoms with E-state index in [0.29, 0.717) is 6.54 Å². The number of hydrogen-bond donors (Lipinski definition) is 1. The van der Waals surface area contributed by atoms with Crippen LogP contribution in [0.3, 0.4) is 0 Å². The number of hydrazone groups is 1. The van der Waals surface area contributed by atoms with Gasteiger partial charge in [0.1, 0.15) is 17.2 Å². The number of ether oxygens (including phenoxy) is 3. The summed E-state index contributed by atoms with van der Waals surface area (Å²) in [5.74, 6) is 1.53. The Morgan fingerprint density at radius 3 is 2.00 bits per heavy atom. The molecule has 0 spiro atoms. The zero-order valence-corrected chi connectivity index (χ0v) is 22.3. The quantitative estimate of drug-likeness (QED) is 0.327. The third kappa shape index (κ3) is 6.51. The first-order valence-corrected chi connectivity index (χ1v) is 13.5. The minimum atomic E-state index is -3.88. The molecule has 1 aliphatic rings. The molecule has 0 radical (unpaired) electrons. The molecule has 0 bridgehead atoms. The number of methoxy groups -OCH3 is 3. The number of hydrogen-bond acceptors (Lipinski definition) is 6. The van der Waals surface area contributed by atoms with E-state index < -0.39 is 10.0 Å². The second-order valence-electron chi connectivity index (χ2n) is 8.50. The molecule has 10 heteroatoms. The molecule has 3 aromatic carbocycles. The van der Waals surface area contributed by atoms with Crippen LogP contribution in [0.1, 0.15) is 22.6 Å². The van der Waals surface area contributed by atoms with E-state index in [4.69, 9.17) is 19.9 Å². The number of nitrogens with two attached hydrogens (primary N) is 1. The maximum absolute atomic E-state index is 12.7. The van der Waals surface area contributed by atoms with Crippen molar-refractivity contribution in [3.8, 4) is 17.2 Å². The van der Waals surface area contributed by atoms with Crippen LogP contribution in [0.4, 0.5) is 0 Å². The van der Waals surface area contributed by atoms with Gasteiger partial charge in [0.05, 0.1) is 39.3 Å². The average Bonchev–Trinajstić information content (AvgIpc) is 3.39. The van der Waals surface area contributed by atoms with E-state index in [2.05, 4.69) is 9.50 Å². The van der Waals surface area contributed by atoms with Gasteiger partial charge in [-0.15, -0.1) is 4.40 Å². The Bertz CT molecular complexity index is 1430. The van der Waals surface area contributed by atoms with Crippen molar-refractivity contribution in [2.75, 3.05) is 33.6 Å². The standard InChI is InChI=1S/C28H30N4O5S/c1-35-23-12-6-20(7-13-23)5-4-18-38(33,34)31-28(29)32-19-26(21-8-14-24(36-2)15-9-21)27(30-32)22-10-16-25(37-3)17-11-22/h4-17,26H,18-19H2,1-3H3,(H2,29,31). The van der Waals surface area contributed by atoms with Gasteiger partial charge in [-0.25, -0.2) is 13.4 Å². The molecule has 0 saturated carbocycles. The first kappa shape index (κ1) is 26.7. The van der Waals surface area contributed by atoms with Gasteiger partial charge in [-0.05, 0) is 65.2 Å². The van der Waals surface area contributed by atoms with Gasteiger partial charge in [0.15, 0.2) is 0 Å². The molecule has 9 nitrogen and oxygen atoms in total. The van der Waals surface area contributed by atoms with Crippen LogP contribution in [-0.4, -0.2) is 58.7 Å². The fourth-order valence-corrected chi connectivity index (χ4v) is 4.81. The Balaban J connectivity index is 1.55. The lowest BCUT2D eigenvalue weighted by Gasteiger charge is -2.16. The van der Waals surface area contributed by atoms with Gasteiger partial charge < -0.3 is 19.9 Å². The van der Waals surface area contributed by atoms with E-state index in [1.54, 1.807) is 39.5 Å². The summed E-state index contributed by atoms with van der Waals surface area (Å²) in [6.45, 7) is 0.334. The number of sulfonamides is 1. The smallest absolute Gasteiger partial charge is 0.260 e. The number of benzene rings is 3. The fourth-order valence-electron chi connectivity index (χ4n) is 4.01. The van der Waals surface area contributed by atoms with Crippen LogP contribution in [0.5, 0.6) is 17.2 Å². The molecule has 1 heterocycles. The molecule has 198 valence electrons. The highest BCUT2D eigenvalue weighted by Crippen LogP contribution is 2.30. The minimum Gasteiger partial charge on any atom is -0.497 e. The van der Waals surface area contributed by atoms with Gasteiger partial charge in [0.25, 0.3) is 10.0 Å². The van der Waals surface area contributed by atoms with Gasteiger partial charge in [-0.1, -0.05) is 36.4 Å². The largest absolute Gasteiger partial charge is 0.497 e. The van der Waals surface area contributed by atoms with Crippen molar-refractivity contribution >= 4 is 27.8 Å². The molecule has 0 aliphatic carbocycles.